The molecule has 0 fully saturated rings. The van der Waals surface area contributed by atoms with E-state index in [4.69, 9.17) is 0 Å². The number of thiophene rings is 1. The van der Waals surface area contributed by atoms with Crippen LogP contribution in [0.2, 0.25) is 0 Å². The number of aryl methyl sites for hydroxylation is 1. The third-order valence-electron chi connectivity index (χ3n) is 1.99. The van der Waals surface area contributed by atoms with Crippen molar-refractivity contribution in [2.24, 2.45) is 5.92 Å². The van der Waals surface area contributed by atoms with Gasteiger partial charge in [0.05, 0.1) is 4.88 Å². The van der Waals surface area contributed by atoms with E-state index in [1.807, 2.05) is 32.2 Å². The van der Waals surface area contributed by atoms with E-state index in [1.165, 1.54) is 11.3 Å². The number of aliphatic hydroxyl groups is 1. The van der Waals surface area contributed by atoms with Gasteiger partial charge in [0.25, 0.3) is 0 Å². The van der Waals surface area contributed by atoms with E-state index in [1.54, 1.807) is 0 Å². The molecule has 1 aromatic rings. The Morgan fingerprint density at radius 1 is 1.54 bits per heavy atom. The first-order chi connectivity index (χ1) is 6.04. The summed E-state index contributed by atoms with van der Waals surface area (Å²) in [6, 6.07) is 1.89. The van der Waals surface area contributed by atoms with Gasteiger partial charge in [-0.1, -0.05) is 13.8 Å². The van der Waals surface area contributed by atoms with Crippen molar-refractivity contribution in [3.63, 3.8) is 0 Å². The molecule has 0 radical (unpaired) electrons. The van der Waals surface area contributed by atoms with Crippen LogP contribution in [-0.4, -0.2) is 17.0 Å². The zero-order valence-electron chi connectivity index (χ0n) is 8.07. The van der Waals surface area contributed by atoms with Crippen LogP contribution in [0.4, 0.5) is 0 Å². The molecule has 0 aliphatic carbocycles. The smallest absolute Gasteiger partial charge is 0.201 e. The molecule has 0 bridgehead atoms. The average molecular weight is 198 g/mol. The minimum Gasteiger partial charge on any atom is -0.385 e. The molecule has 0 spiro atoms. The van der Waals surface area contributed by atoms with Gasteiger partial charge in [-0.25, -0.2) is 0 Å². The minimum atomic E-state index is -0.864. The maximum absolute atomic E-state index is 11.6. The van der Waals surface area contributed by atoms with Gasteiger partial charge in [0.15, 0.2) is 0 Å². The molecule has 13 heavy (non-hydrogen) atoms. The molecule has 72 valence electrons. The van der Waals surface area contributed by atoms with E-state index in [0.717, 1.165) is 5.56 Å². The summed E-state index contributed by atoms with van der Waals surface area (Å²) in [6.07, 6.45) is -0.864. The highest BCUT2D eigenvalue weighted by Gasteiger charge is 2.22. The number of rotatable bonds is 3. The van der Waals surface area contributed by atoms with Gasteiger partial charge in [-0.3, -0.25) is 4.79 Å². The summed E-state index contributed by atoms with van der Waals surface area (Å²) in [4.78, 5) is 12.3. The maximum atomic E-state index is 11.6. The fourth-order valence-corrected chi connectivity index (χ4v) is 1.96. The summed E-state index contributed by atoms with van der Waals surface area (Å²) in [6.45, 7) is 5.56. The first-order valence-electron chi connectivity index (χ1n) is 4.30. The molecular formula is C10H14O2S. The molecule has 1 rings (SSSR count). The molecule has 0 saturated heterocycles. The second-order valence-electron chi connectivity index (χ2n) is 3.49. The lowest BCUT2D eigenvalue weighted by molar-refractivity contribution is 0.0652. The zero-order chi connectivity index (χ0) is 10.0. The van der Waals surface area contributed by atoms with Gasteiger partial charge in [-0.15, -0.1) is 11.3 Å². The molecule has 1 atom stereocenters. The normalized spacial score (nSPS) is 13.3. The summed E-state index contributed by atoms with van der Waals surface area (Å²) in [5, 5.41) is 11.4. The van der Waals surface area contributed by atoms with Gasteiger partial charge >= 0.3 is 0 Å². The van der Waals surface area contributed by atoms with E-state index in [-0.39, 0.29) is 11.7 Å². The van der Waals surface area contributed by atoms with Crippen LogP contribution in [0, 0.1) is 12.8 Å². The van der Waals surface area contributed by atoms with Gasteiger partial charge in [-0.05, 0) is 29.9 Å². The predicted molar refractivity (Wildman–Crippen MR) is 54.2 cm³/mol. The van der Waals surface area contributed by atoms with Crippen molar-refractivity contribution in [2.75, 3.05) is 0 Å². The van der Waals surface area contributed by atoms with Crippen LogP contribution < -0.4 is 0 Å². The summed E-state index contributed by atoms with van der Waals surface area (Å²) in [7, 11) is 0. The van der Waals surface area contributed by atoms with Crippen molar-refractivity contribution < 1.29 is 9.90 Å². The van der Waals surface area contributed by atoms with Crippen LogP contribution in [0.1, 0.15) is 29.1 Å². The quantitative estimate of drug-likeness (QED) is 0.756. The maximum Gasteiger partial charge on any atom is 0.201 e. The molecule has 1 N–H and O–H groups in total. The van der Waals surface area contributed by atoms with Crippen LogP contribution >= 0.6 is 11.3 Å². The molecule has 2 nitrogen and oxygen atoms in total. The van der Waals surface area contributed by atoms with E-state index in [9.17, 15) is 9.90 Å². The number of hydrogen-bond acceptors (Lipinski definition) is 3. The lowest BCUT2D eigenvalue weighted by Gasteiger charge is -2.12. The third-order valence-corrected chi connectivity index (χ3v) is 3.02. The van der Waals surface area contributed by atoms with Gasteiger partial charge < -0.3 is 5.11 Å². The Morgan fingerprint density at radius 2 is 2.15 bits per heavy atom. The molecule has 0 saturated carbocycles. The van der Waals surface area contributed by atoms with Gasteiger partial charge in [0, 0.05) is 0 Å². The second kappa shape index (κ2) is 4.03. The minimum absolute atomic E-state index is 0.0194. The largest absolute Gasteiger partial charge is 0.385 e. The Bertz CT molecular complexity index is 302. The van der Waals surface area contributed by atoms with Gasteiger partial charge in [0.2, 0.25) is 5.78 Å². The first kappa shape index (κ1) is 10.4. The summed E-state index contributed by atoms with van der Waals surface area (Å²) < 4.78 is 0. The summed E-state index contributed by atoms with van der Waals surface area (Å²) >= 11 is 1.39. The van der Waals surface area contributed by atoms with Gasteiger partial charge in [-0.2, -0.15) is 0 Å². The lowest BCUT2D eigenvalue weighted by Crippen LogP contribution is -2.25. The molecule has 0 unspecified atom stereocenters. The molecule has 0 aliphatic heterocycles. The van der Waals surface area contributed by atoms with Crippen LogP contribution in [0.3, 0.4) is 0 Å². The van der Waals surface area contributed by atoms with Crippen molar-refractivity contribution in [3.05, 3.63) is 21.9 Å². The number of ketones is 1. The number of carbonyl (C=O) groups is 1. The molecule has 0 aromatic carbocycles. The Labute approximate surface area is 82.2 Å². The highest BCUT2D eigenvalue weighted by atomic mass is 32.1. The predicted octanol–water partition coefficient (Wildman–Crippen LogP) is 2.26. The Kier molecular flexibility index (Phi) is 3.22. The number of carbonyl (C=O) groups excluding carboxylic acids is 1. The zero-order valence-corrected chi connectivity index (χ0v) is 8.89. The summed E-state index contributed by atoms with van der Waals surface area (Å²) in [5.74, 6) is -0.170. The highest BCUT2D eigenvalue weighted by molar-refractivity contribution is 7.12. The molecule has 0 amide bonds. The van der Waals surface area contributed by atoms with E-state index in [0.29, 0.717) is 4.88 Å². The first-order valence-corrected chi connectivity index (χ1v) is 5.18. The van der Waals surface area contributed by atoms with Crippen LogP contribution in [0.15, 0.2) is 11.4 Å². The van der Waals surface area contributed by atoms with Crippen molar-refractivity contribution in [3.8, 4) is 0 Å². The summed E-state index contributed by atoms with van der Waals surface area (Å²) in [5.41, 5.74) is 0.953. The topological polar surface area (TPSA) is 37.3 Å². The van der Waals surface area contributed by atoms with Crippen LogP contribution in [0.5, 0.6) is 0 Å². The standard InChI is InChI=1S/C10H14O2S/c1-6(2)8(11)9(12)10-7(3)4-5-13-10/h4-6,8,11H,1-3H3/t8-/m0/s1. The lowest BCUT2D eigenvalue weighted by atomic mass is 10.0. The van der Waals surface area contributed by atoms with Crippen molar-refractivity contribution >= 4 is 17.1 Å². The molecular weight excluding hydrogens is 184 g/mol. The SMILES string of the molecule is Cc1ccsc1C(=O)[C@@H](O)C(C)C. The fourth-order valence-electron chi connectivity index (χ4n) is 1.06. The Morgan fingerprint density at radius 3 is 2.54 bits per heavy atom. The van der Waals surface area contributed by atoms with Crippen LogP contribution in [0.25, 0.3) is 0 Å². The molecule has 3 heteroatoms. The molecule has 1 aromatic heterocycles. The van der Waals surface area contributed by atoms with E-state index >= 15 is 0 Å². The van der Waals surface area contributed by atoms with Crippen molar-refractivity contribution in [1.82, 2.24) is 0 Å². The molecule has 1 heterocycles. The monoisotopic (exact) mass is 198 g/mol. The van der Waals surface area contributed by atoms with Crippen LogP contribution in [-0.2, 0) is 0 Å². The van der Waals surface area contributed by atoms with Crippen molar-refractivity contribution in [1.29, 1.82) is 0 Å². The average Bonchev–Trinajstić information content (AvgIpc) is 2.48. The highest BCUT2D eigenvalue weighted by Crippen LogP contribution is 2.19. The number of Topliss-reactive ketones (excluding diaryl/α,β-unsaturated/α-hetero) is 1. The molecule has 0 aliphatic rings. The number of hydrogen-bond donors (Lipinski definition) is 1. The second-order valence-corrected chi connectivity index (χ2v) is 4.40. The Balaban J connectivity index is 2.86. The van der Waals surface area contributed by atoms with Crippen molar-refractivity contribution in [2.45, 2.75) is 26.9 Å². The number of aliphatic hydroxyl groups excluding tert-OH is 1. The van der Waals surface area contributed by atoms with E-state index in [2.05, 4.69) is 0 Å². The Hall–Kier alpha value is -0.670. The van der Waals surface area contributed by atoms with Gasteiger partial charge in [0.1, 0.15) is 6.10 Å². The van der Waals surface area contributed by atoms with E-state index < -0.39 is 6.10 Å². The fraction of sp³-hybridized carbons (Fsp3) is 0.500. The third kappa shape index (κ3) is 2.17.